The molecular formula is C15H19FN2O4. The normalized spacial score (nSPS) is 15.0. The Morgan fingerprint density at radius 3 is 2.82 bits per heavy atom. The first-order chi connectivity index (χ1) is 10.3. The summed E-state index contributed by atoms with van der Waals surface area (Å²) in [7, 11) is 1.42. The van der Waals surface area contributed by atoms with Gasteiger partial charge in [0, 0.05) is 0 Å². The maximum Gasteiger partial charge on any atom is 0.415 e. The first-order valence-corrected chi connectivity index (χ1v) is 6.84. The summed E-state index contributed by atoms with van der Waals surface area (Å²) in [6.07, 6.45) is 1.89. The highest BCUT2D eigenvalue weighted by Crippen LogP contribution is 2.30. The molecule has 1 aromatic rings. The van der Waals surface area contributed by atoms with Crippen molar-refractivity contribution in [3.63, 3.8) is 0 Å². The van der Waals surface area contributed by atoms with Gasteiger partial charge in [-0.3, -0.25) is 4.90 Å². The number of halogens is 1. The van der Waals surface area contributed by atoms with E-state index in [1.54, 1.807) is 20.8 Å². The van der Waals surface area contributed by atoms with Crippen LogP contribution in [0.15, 0.2) is 18.5 Å². The minimum absolute atomic E-state index is 0.201. The molecule has 1 amide bonds. The highest BCUT2D eigenvalue weighted by Gasteiger charge is 2.29. The predicted molar refractivity (Wildman–Crippen MR) is 77.6 cm³/mol. The number of nitrogens with zero attached hydrogens (tertiary/aromatic N) is 2. The fourth-order valence-corrected chi connectivity index (χ4v) is 1.95. The van der Waals surface area contributed by atoms with Crippen LogP contribution >= 0.6 is 0 Å². The summed E-state index contributed by atoms with van der Waals surface area (Å²) in [5.74, 6) is -0.335. The first-order valence-electron chi connectivity index (χ1n) is 6.84. The van der Waals surface area contributed by atoms with Crippen molar-refractivity contribution < 1.29 is 23.4 Å². The van der Waals surface area contributed by atoms with E-state index < -0.39 is 17.5 Å². The van der Waals surface area contributed by atoms with Gasteiger partial charge in [-0.1, -0.05) is 0 Å². The number of hydrogen-bond donors (Lipinski definition) is 0. The van der Waals surface area contributed by atoms with Crippen molar-refractivity contribution in [1.82, 2.24) is 9.88 Å². The molecule has 0 saturated heterocycles. The van der Waals surface area contributed by atoms with E-state index in [1.165, 1.54) is 24.3 Å². The van der Waals surface area contributed by atoms with Gasteiger partial charge in [0.15, 0.2) is 0 Å². The smallest absolute Gasteiger partial charge is 0.415 e. The lowest BCUT2D eigenvalue weighted by Crippen LogP contribution is -2.39. The number of amides is 1. The summed E-state index contributed by atoms with van der Waals surface area (Å²) in [4.78, 5) is 17.6. The molecule has 120 valence electrons. The lowest BCUT2D eigenvalue weighted by atomic mass is 10.1. The van der Waals surface area contributed by atoms with Gasteiger partial charge in [-0.15, -0.1) is 0 Å². The van der Waals surface area contributed by atoms with Gasteiger partial charge in [-0.25, -0.2) is 14.2 Å². The number of hydrogen-bond acceptors (Lipinski definition) is 5. The molecule has 0 radical (unpaired) electrons. The highest BCUT2D eigenvalue weighted by atomic mass is 19.1. The third-order valence-corrected chi connectivity index (χ3v) is 2.82. The van der Waals surface area contributed by atoms with E-state index in [-0.39, 0.29) is 5.88 Å². The molecule has 1 aliphatic heterocycles. The fraction of sp³-hybridized carbons (Fsp3) is 0.467. The van der Waals surface area contributed by atoms with Gasteiger partial charge in [0.2, 0.25) is 5.88 Å². The number of carbonyl (C=O) groups excluding carboxylic acids is 1. The molecule has 1 aromatic heterocycles. The fourth-order valence-electron chi connectivity index (χ4n) is 1.95. The van der Waals surface area contributed by atoms with Crippen LogP contribution in [0.3, 0.4) is 0 Å². The van der Waals surface area contributed by atoms with Gasteiger partial charge >= 0.3 is 6.09 Å². The van der Waals surface area contributed by atoms with Crippen LogP contribution in [0, 0.1) is 5.82 Å². The monoisotopic (exact) mass is 310 g/mol. The molecule has 0 N–H and O–H groups in total. The Balaban J connectivity index is 2.37. The second kappa shape index (κ2) is 6.21. The summed E-state index contributed by atoms with van der Waals surface area (Å²) in [6.45, 7) is 5.95. The number of pyridine rings is 1. The van der Waals surface area contributed by atoms with Gasteiger partial charge in [-0.2, -0.15) is 0 Å². The van der Waals surface area contributed by atoms with Crippen LogP contribution in [0.25, 0.3) is 5.70 Å². The molecule has 0 fully saturated rings. The Hall–Kier alpha value is -2.31. The molecular weight excluding hydrogens is 291 g/mol. The van der Waals surface area contributed by atoms with Crippen LogP contribution in [-0.2, 0) is 9.47 Å². The van der Waals surface area contributed by atoms with Gasteiger partial charge in [-0.05, 0) is 26.8 Å². The Morgan fingerprint density at radius 1 is 1.45 bits per heavy atom. The van der Waals surface area contributed by atoms with Gasteiger partial charge in [0.05, 0.1) is 31.1 Å². The number of aromatic nitrogens is 1. The van der Waals surface area contributed by atoms with Crippen LogP contribution in [-0.4, -0.2) is 41.8 Å². The minimum Gasteiger partial charge on any atom is -0.497 e. The molecule has 7 heteroatoms. The number of methoxy groups -OCH3 is 1. The largest absolute Gasteiger partial charge is 0.497 e. The summed E-state index contributed by atoms with van der Waals surface area (Å²) < 4.78 is 29.3. The number of ether oxygens (including phenoxy) is 3. The van der Waals surface area contributed by atoms with Gasteiger partial charge < -0.3 is 14.2 Å². The third-order valence-electron chi connectivity index (χ3n) is 2.82. The Morgan fingerprint density at radius 2 is 2.18 bits per heavy atom. The zero-order valence-corrected chi connectivity index (χ0v) is 13.1. The van der Waals surface area contributed by atoms with E-state index in [0.717, 1.165) is 6.20 Å². The van der Waals surface area contributed by atoms with E-state index in [2.05, 4.69) is 4.98 Å². The zero-order chi connectivity index (χ0) is 16.3. The quantitative estimate of drug-likeness (QED) is 0.840. The molecule has 2 heterocycles. The predicted octanol–water partition coefficient (Wildman–Crippen LogP) is 2.80. The summed E-state index contributed by atoms with van der Waals surface area (Å²) in [5, 5.41) is 0. The van der Waals surface area contributed by atoms with Crippen LogP contribution < -0.4 is 4.74 Å². The first kappa shape index (κ1) is 16.1. The second-order valence-corrected chi connectivity index (χ2v) is 5.72. The summed E-state index contributed by atoms with van der Waals surface area (Å²) in [5.41, 5.74) is 0.0440. The lowest BCUT2D eigenvalue weighted by molar-refractivity contribution is 0.0296. The Kier molecular flexibility index (Phi) is 4.54. The highest BCUT2D eigenvalue weighted by molar-refractivity contribution is 5.83. The van der Waals surface area contributed by atoms with Crippen molar-refractivity contribution in [2.24, 2.45) is 0 Å². The maximum atomic E-state index is 13.5. The average Bonchev–Trinajstić information content (AvgIpc) is 2.45. The number of rotatable bonds is 2. The molecule has 0 saturated carbocycles. The standard InChI is InChI=1S/C15H19FN2O4/c1-15(2,3)22-14(19)18-5-6-21-9-12(18)11-7-10(16)8-17-13(11)20-4/h7-9H,5-6H2,1-4H3. The lowest BCUT2D eigenvalue weighted by Gasteiger charge is -2.31. The van der Waals surface area contributed by atoms with Gasteiger partial charge in [0.1, 0.15) is 24.3 Å². The van der Waals surface area contributed by atoms with Crippen LogP contribution in [0.1, 0.15) is 26.3 Å². The SMILES string of the molecule is COc1ncc(F)cc1C1=COCCN1C(=O)OC(C)(C)C. The van der Waals surface area contributed by atoms with Crippen LogP contribution in [0.2, 0.25) is 0 Å². The van der Waals surface area contributed by atoms with Crippen LogP contribution in [0.5, 0.6) is 5.88 Å². The third kappa shape index (κ3) is 3.66. The molecule has 2 rings (SSSR count). The van der Waals surface area contributed by atoms with E-state index in [1.807, 2.05) is 0 Å². The van der Waals surface area contributed by atoms with Crippen molar-refractivity contribution in [1.29, 1.82) is 0 Å². The van der Waals surface area contributed by atoms with Gasteiger partial charge in [0.25, 0.3) is 0 Å². The second-order valence-electron chi connectivity index (χ2n) is 5.72. The van der Waals surface area contributed by atoms with Crippen molar-refractivity contribution in [3.05, 3.63) is 29.9 Å². The molecule has 1 aliphatic rings. The molecule has 6 nitrogen and oxygen atoms in total. The minimum atomic E-state index is -0.634. The van der Waals surface area contributed by atoms with E-state index >= 15 is 0 Å². The zero-order valence-electron chi connectivity index (χ0n) is 13.1. The van der Waals surface area contributed by atoms with Crippen molar-refractivity contribution in [2.45, 2.75) is 26.4 Å². The van der Waals surface area contributed by atoms with Crippen molar-refractivity contribution >= 4 is 11.8 Å². The van der Waals surface area contributed by atoms with Crippen molar-refractivity contribution in [2.75, 3.05) is 20.3 Å². The number of carbonyl (C=O) groups is 1. The van der Waals surface area contributed by atoms with E-state index in [0.29, 0.717) is 24.4 Å². The molecule has 0 atom stereocenters. The maximum absolute atomic E-state index is 13.5. The molecule has 0 aliphatic carbocycles. The van der Waals surface area contributed by atoms with E-state index in [4.69, 9.17) is 14.2 Å². The average molecular weight is 310 g/mol. The molecule has 0 spiro atoms. The summed E-state index contributed by atoms with van der Waals surface area (Å²) >= 11 is 0. The Bertz CT molecular complexity index is 596. The Labute approximate surface area is 128 Å². The van der Waals surface area contributed by atoms with E-state index in [9.17, 15) is 9.18 Å². The topological polar surface area (TPSA) is 60.9 Å². The summed E-state index contributed by atoms with van der Waals surface area (Å²) in [6, 6.07) is 1.24. The molecule has 0 bridgehead atoms. The van der Waals surface area contributed by atoms with Crippen LogP contribution in [0.4, 0.5) is 9.18 Å². The molecule has 0 aromatic carbocycles. The molecule has 0 unspecified atom stereocenters. The van der Waals surface area contributed by atoms with Crippen molar-refractivity contribution in [3.8, 4) is 5.88 Å². The molecule has 22 heavy (non-hydrogen) atoms.